The topological polar surface area (TPSA) is 73.9 Å². The van der Waals surface area contributed by atoms with Crippen LogP contribution >= 0.6 is 11.6 Å². The summed E-state index contributed by atoms with van der Waals surface area (Å²) in [7, 11) is 2.80. The summed E-state index contributed by atoms with van der Waals surface area (Å²) in [6.45, 7) is 3.51. The van der Waals surface area contributed by atoms with Crippen LogP contribution in [0.4, 0.5) is 5.69 Å². The number of amides is 1. The number of halogens is 1. The molecule has 0 bridgehead atoms. The normalized spacial score (nSPS) is 11.8. The van der Waals surface area contributed by atoms with Gasteiger partial charge in [0.1, 0.15) is 0 Å². The zero-order valence-corrected chi connectivity index (χ0v) is 16.9. The average molecular weight is 404 g/mol. The van der Waals surface area contributed by atoms with Crippen LogP contribution in [0.1, 0.15) is 18.1 Å². The van der Waals surface area contributed by atoms with Crippen LogP contribution in [0.15, 0.2) is 42.5 Å². The molecule has 0 aromatic heterocycles. The summed E-state index contributed by atoms with van der Waals surface area (Å²) in [6, 6.07) is 10.4. The Morgan fingerprint density at radius 1 is 1.11 bits per heavy atom. The Bertz CT molecular complexity index is 894. The molecule has 0 heterocycles. The molecule has 0 radical (unpaired) electrons. The average Bonchev–Trinajstić information content (AvgIpc) is 2.69. The largest absolute Gasteiger partial charge is 0.493 e. The first-order valence-corrected chi connectivity index (χ1v) is 8.89. The molecule has 0 fully saturated rings. The van der Waals surface area contributed by atoms with E-state index in [1.807, 2.05) is 13.0 Å². The highest BCUT2D eigenvalue weighted by atomic mass is 35.5. The van der Waals surface area contributed by atoms with E-state index in [9.17, 15) is 9.59 Å². The summed E-state index contributed by atoms with van der Waals surface area (Å²) in [5.74, 6) is 0.0664. The molecule has 2 rings (SSSR count). The molecule has 0 aliphatic heterocycles. The third-order valence-corrected chi connectivity index (χ3v) is 4.17. The molecule has 1 N–H and O–H groups in total. The minimum atomic E-state index is -0.774. The summed E-state index contributed by atoms with van der Waals surface area (Å²) in [6.07, 6.45) is 2.12. The Hall–Kier alpha value is -2.99. The molecule has 2 aromatic rings. The summed E-state index contributed by atoms with van der Waals surface area (Å²) in [5, 5.41) is 3.34. The number of carbonyl (C=O) groups excluding carboxylic acids is 2. The number of nitrogens with one attached hydrogen (secondary N) is 1. The lowest BCUT2D eigenvalue weighted by atomic mass is 10.2. The molecule has 0 aliphatic carbocycles. The Labute approximate surface area is 169 Å². The number of anilines is 1. The number of benzene rings is 2. The maximum atomic E-state index is 12.5. The third kappa shape index (κ3) is 5.76. The van der Waals surface area contributed by atoms with E-state index in [0.717, 1.165) is 11.1 Å². The van der Waals surface area contributed by atoms with Crippen molar-refractivity contribution in [3.8, 4) is 11.5 Å². The number of carbonyl (C=O) groups is 2. The lowest BCUT2D eigenvalue weighted by molar-refractivity contribution is -0.134. The summed E-state index contributed by atoms with van der Waals surface area (Å²) in [4.78, 5) is 23.7. The Balaban J connectivity index is 2.10. The van der Waals surface area contributed by atoms with Crippen molar-refractivity contribution in [3.05, 3.63) is 58.6 Å². The number of rotatable bonds is 7. The first-order chi connectivity index (χ1) is 13.3. The van der Waals surface area contributed by atoms with E-state index in [1.54, 1.807) is 43.3 Å². The van der Waals surface area contributed by atoms with Crippen LogP contribution in [0, 0.1) is 6.92 Å². The molecular weight excluding hydrogens is 382 g/mol. The second-order valence-electron chi connectivity index (χ2n) is 5.98. The molecule has 0 aliphatic rings. The Morgan fingerprint density at radius 2 is 1.86 bits per heavy atom. The maximum Gasteiger partial charge on any atom is 0.330 e. The quantitative estimate of drug-likeness (QED) is 0.552. The number of ether oxygens (including phenoxy) is 3. The van der Waals surface area contributed by atoms with Gasteiger partial charge in [0, 0.05) is 16.8 Å². The fourth-order valence-electron chi connectivity index (χ4n) is 2.32. The number of esters is 1. The van der Waals surface area contributed by atoms with Gasteiger partial charge >= 0.3 is 5.97 Å². The third-order valence-electron chi connectivity index (χ3n) is 3.93. The van der Waals surface area contributed by atoms with Crippen LogP contribution in [0.5, 0.6) is 11.5 Å². The van der Waals surface area contributed by atoms with Crippen molar-refractivity contribution >= 4 is 35.2 Å². The van der Waals surface area contributed by atoms with Crippen molar-refractivity contribution in [1.82, 2.24) is 0 Å². The minimum absolute atomic E-state index is 0.318. The van der Waals surface area contributed by atoms with Crippen LogP contribution in [0.25, 0.3) is 6.08 Å². The molecule has 2 aromatic carbocycles. The van der Waals surface area contributed by atoms with E-state index in [4.69, 9.17) is 21.1 Å². The van der Waals surface area contributed by atoms with E-state index in [1.165, 1.54) is 20.3 Å². The Morgan fingerprint density at radius 3 is 2.54 bits per heavy atom. The van der Waals surface area contributed by atoms with Crippen LogP contribution in [0.3, 0.4) is 0 Å². The van der Waals surface area contributed by atoms with Crippen molar-refractivity contribution < 1.29 is 23.8 Å². The minimum Gasteiger partial charge on any atom is -0.493 e. The molecule has 148 valence electrons. The number of hydrogen-bond acceptors (Lipinski definition) is 5. The van der Waals surface area contributed by atoms with Gasteiger partial charge in [-0.1, -0.05) is 23.7 Å². The standard InChI is InChI=1S/C21H22ClNO5/c1-13-5-8-16(22)12-17(13)23-21(25)14(2)28-18-9-6-15(11-19(18)26-3)7-10-20(24)27-4/h5-12,14H,1-4H3,(H,23,25). The van der Waals surface area contributed by atoms with Gasteiger partial charge in [-0.05, 0) is 55.3 Å². The maximum absolute atomic E-state index is 12.5. The van der Waals surface area contributed by atoms with Gasteiger partial charge in [0.2, 0.25) is 0 Å². The van der Waals surface area contributed by atoms with Crippen LogP contribution in [0.2, 0.25) is 5.02 Å². The number of methoxy groups -OCH3 is 2. The molecule has 7 heteroatoms. The van der Waals surface area contributed by atoms with Crippen molar-refractivity contribution in [2.45, 2.75) is 20.0 Å². The fourth-order valence-corrected chi connectivity index (χ4v) is 2.50. The zero-order chi connectivity index (χ0) is 20.7. The molecule has 1 amide bonds. The molecule has 1 atom stereocenters. The summed E-state index contributed by atoms with van der Waals surface area (Å²) < 4.78 is 15.6. The van der Waals surface area contributed by atoms with Gasteiger partial charge in [-0.3, -0.25) is 4.79 Å². The monoisotopic (exact) mass is 403 g/mol. The van der Waals surface area contributed by atoms with Crippen molar-refractivity contribution in [2.75, 3.05) is 19.5 Å². The van der Waals surface area contributed by atoms with E-state index in [2.05, 4.69) is 10.1 Å². The first kappa shape index (κ1) is 21.3. The molecule has 0 saturated heterocycles. The predicted molar refractivity (Wildman–Crippen MR) is 109 cm³/mol. The predicted octanol–water partition coefficient (Wildman–Crippen LogP) is 4.25. The molecule has 0 spiro atoms. The molecule has 0 saturated carbocycles. The summed E-state index contributed by atoms with van der Waals surface area (Å²) in [5.41, 5.74) is 2.24. The van der Waals surface area contributed by atoms with E-state index in [-0.39, 0.29) is 5.91 Å². The molecule has 6 nitrogen and oxygen atoms in total. The fraction of sp³-hybridized carbons (Fsp3) is 0.238. The van der Waals surface area contributed by atoms with Gasteiger partial charge < -0.3 is 19.5 Å². The highest BCUT2D eigenvalue weighted by molar-refractivity contribution is 6.31. The first-order valence-electron chi connectivity index (χ1n) is 8.51. The van der Waals surface area contributed by atoms with Gasteiger partial charge in [-0.15, -0.1) is 0 Å². The Kier molecular flexibility index (Phi) is 7.46. The highest BCUT2D eigenvalue weighted by Crippen LogP contribution is 2.30. The zero-order valence-electron chi connectivity index (χ0n) is 16.1. The van der Waals surface area contributed by atoms with Gasteiger partial charge in [-0.25, -0.2) is 4.79 Å². The number of hydrogen-bond donors (Lipinski definition) is 1. The van der Waals surface area contributed by atoms with Gasteiger partial charge in [-0.2, -0.15) is 0 Å². The van der Waals surface area contributed by atoms with Gasteiger partial charge in [0.05, 0.1) is 14.2 Å². The molecular formula is C21H22ClNO5. The smallest absolute Gasteiger partial charge is 0.330 e. The number of aryl methyl sites for hydroxylation is 1. The summed E-state index contributed by atoms with van der Waals surface area (Å²) >= 11 is 5.98. The second kappa shape index (κ2) is 9.80. The van der Waals surface area contributed by atoms with Gasteiger partial charge in [0.15, 0.2) is 17.6 Å². The van der Waals surface area contributed by atoms with E-state index >= 15 is 0 Å². The van der Waals surface area contributed by atoms with Crippen molar-refractivity contribution in [1.29, 1.82) is 0 Å². The van der Waals surface area contributed by atoms with Crippen molar-refractivity contribution in [3.63, 3.8) is 0 Å². The SMILES string of the molecule is COC(=O)C=Cc1ccc(OC(C)C(=O)Nc2cc(Cl)ccc2C)c(OC)c1. The van der Waals surface area contributed by atoms with Crippen LogP contribution in [-0.4, -0.2) is 32.2 Å². The molecule has 1 unspecified atom stereocenters. The van der Waals surface area contributed by atoms with Gasteiger partial charge in [0.25, 0.3) is 5.91 Å². The van der Waals surface area contributed by atoms with Crippen molar-refractivity contribution in [2.24, 2.45) is 0 Å². The van der Waals surface area contributed by atoms with Crippen LogP contribution in [-0.2, 0) is 14.3 Å². The van der Waals surface area contributed by atoms with E-state index < -0.39 is 12.1 Å². The van der Waals surface area contributed by atoms with Crippen LogP contribution < -0.4 is 14.8 Å². The highest BCUT2D eigenvalue weighted by Gasteiger charge is 2.18. The lowest BCUT2D eigenvalue weighted by Gasteiger charge is -2.18. The second-order valence-corrected chi connectivity index (χ2v) is 6.41. The lowest BCUT2D eigenvalue weighted by Crippen LogP contribution is -2.30. The van der Waals surface area contributed by atoms with E-state index in [0.29, 0.717) is 22.2 Å². The molecule has 28 heavy (non-hydrogen) atoms.